The van der Waals surface area contributed by atoms with E-state index in [1.54, 1.807) is 18.2 Å². The van der Waals surface area contributed by atoms with Gasteiger partial charge in [-0.1, -0.05) is 31.9 Å². The van der Waals surface area contributed by atoms with Gasteiger partial charge in [0.15, 0.2) is 0 Å². The maximum atomic E-state index is 13.4. The molecule has 2 N–H and O–H groups in total. The van der Waals surface area contributed by atoms with Crippen molar-refractivity contribution in [3.8, 4) is 0 Å². The summed E-state index contributed by atoms with van der Waals surface area (Å²) in [4.78, 5) is 55.0. The standard InChI is InChI=1S/C31H38N6O4/c1-20-10-11-26(29(39)34-20)37-30(40)24-8-5-9-25(28(24)31(37)41)32-17-22-18-33-36(19-22)23-12-14-35(15-13-23)27(38)16-21-6-3-2-4-7-21/h5,8-9,18-19,21,23,26,32H,1-4,6-7,10-17H2,(H,34,39). The number of benzene rings is 1. The van der Waals surface area contributed by atoms with Gasteiger partial charge in [0.2, 0.25) is 11.8 Å². The van der Waals surface area contributed by atoms with Crippen LogP contribution in [0.25, 0.3) is 0 Å². The third kappa shape index (κ3) is 5.52. The first kappa shape index (κ1) is 27.2. The van der Waals surface area contributed by atoms with Crippen molar-refractivity contribution >= 4 is 29.3 Å². The minimum Gasteiger partial charge on any atom is -0.380 e. The number of hydrogen-bond donors (Lipinski definition) is 2. The molecule has 6 rings (SSSR count). The normalized spacial score (nSPS) is 22.2. The number of fused-ring (bicyclic) bond motifs is 1. The predicted octanol–water partition coefficient (Wildman–Crippen LogP) is 4.02. The summed E-state index contributed by atoms with van der Waals surface area (Å²) in [7, 11) is 0. The number of imide groups is 1. The number of nitrogens with zero attached hydrogens (tertiary/aromatic N) is 4. The summed E-state index contributed by atoms with van der Waals surface area (Å²) in [6, 6.07) is 4.55. The molecule has 0 bridgehead atoms. The van der Waals surface area contributed by atoms with Crippen molar-refractivity contribution in [3.05, 3.63) is 59.6 Å². The summed E-state index contributed by atoms with van der Waals surface area (Å²) < 4.78 is 1.99. The lowest BCUT2D eigenvalue weighted by molar-refractivity contribution is -0.133. The van der Waals surface area contributed by atoms with Crippen LogP contribution in [0.2, 0.25) is 0 Å². The van der Waals surface area contributed by atoms with Crippen LogP contribution in [0, 0.1) is 5.92 Å². The molecule has 10 nitrogen and oxygen atoms in total. The Kier molecular flexibility index (Phi) is 7.64. The zero-order chi connectivity index (χ0) is 28.5. The van der Waals surface area contributed by atoms with Crippen molar-refractivity contribution in [2.45, 2.75) is 82.8 Å². The van der Waals surface area contributed by atoms with Gasteiger partial charge in [-0.3, -0.25) is 28.8 Å². The highest BCUT2D eigenvalue weighted by molar-refractivity contribution is 6.25. The molecule has 4 aliphatic rings. The summed E-state index contributed by atoms with van der Waals surface area (Å²) in [6.07, 6.45) is 13.4. The number of anilines is 1. The van der Waals surface area contributed by atoms with Crippen LogP contribution in [0.5, 0.6) is 0 Å². The number of nitrogens with one attached hydrogen (secondary N) is 2. The fraction of sp³-hybridized carbons (Fsp3) is 0.516. The summed E-state index contributed by atoms with van der Waals surface area (Å²) in [5.41, 5.74) is 2.71. The van der Waals surface area contributed by atoms with E-state index in [-0.39, 0.29) is 11.9 Å². The Balaban J connectivity index is 1.05. The third-order valence-electron chi connectivity index (χ3n) is 9.10. The molecule has 1 aromatic carbocycles. The molecule has 41 heavy (non-hydrogen) atoms. The van der Waals surface area contributed by atoms with E-state index < -0.39 is 17.9 Å². The second kappa shape index (κ2) is 11.5. The number of hydrogen-bond acceptors (Lipinski definition) is 6. The summed E-state index contributed by atoms with van der Waals surface area (Å²) >= 11 is 0. The van der Waals surface area contributed by atoms with Crippen LogP contribution in [0.4, 0.5) is 5.69 Å². The van der Waals surface area contributed by atoms with E-state index >= 15 is 0 Å². The van der Waals surface area contributed by atoms with Crippen LogP contribution in [0.3, 0.4) is 0 Å². The Bertz CT molecular complexity index is 1370. The van der Waals surface area contributed by atoms with Gasteiger partial charge in [-0.2, -0.15) is 5.10 Å². The lowest BCUT2D eigenvalue weighted by Gasteiger charge is -2.33. The molecule has 3 aliphatic heterocycles. The molecule has 1 unspecified atom stereocenters. The van der Waals surface area contributed by atoms with Crippen molar-refractivity contribution in [2.75, 3.05) is 18.4 Å². The number of carbonyl (C=O) groups excluding carboxylic acids is 4. The van der Waals surface area contributed by atoms with Crippen LogP contribution >= 0.6 is 0 Å². The van der Waals surface area contributed by atoms with Crippen LogP contribution in [-0.2, 0) is 16.1 Å². The minimum absolute atomic E-state index is 0.244. The molecule has 1 saturated carbocycles. The van der Waals surface area contributed by atoms with Gasteiger partial charge in [0, 0.05) is 49.2 Å². The number of piperidine rings is 2. The van der Waals surface area contributed by atoms with Gasteiger partial charge in [0.05, 0.1) is 23.4 Å². The van der Waals surface area contributed by atoms with Gasteiger partial charge in [0.25, 0.3) is 11.8 Å². The fourth-order valence-electron chi connectivity index (χ4n) is 6.75. The number of carbonyl (C=O) groups is 4. The average molecular weight is 559 g/mol. The number of amides is 4. The smallest absolute Gasteiger partial charge is 0.264 e. The Labute approximate surface area is 240 Å². The van der Waals surface area contributed by atoms with Crippen LogP contribution in [0.15, 0.2) is 42.9 Å². The Hall–Kier alpha value is -3.95. The van der Waals surface area contributed by atoms with Crippen LogP contribution in [0.1, 0.15) is 96.5 Å². The molecule has 4 heterocycles. The highest BCUT2D eigenvalue weighted by Gasteiger charge is 2.45. The molecule has 1 aliphatic carbocycles. The van der Waals surface area contributed by atoms with Gasteiger partial charge >= 0.3 is 0 Å². The average Bonchev–Trinajstić information content (AvgIpc) is 3.56. The number of rotatable bonds is 7. The Morgan fingerprint density at radius 1 is 1.02 bits per heavy atom. The van der Waals surface area contributed by atoms with E-state index in [1.165, 1.54) is 32.1 Å². The highest BCUT2D eigenvalue weighted by Crippen LogP contribution is 2.33. The van der Waals surface area contributed by atoms with Crippen LogP contribution in [-0.4, -0.2) is 62.3 Å². The first-order chi connectivity index (χ1) is 19.9. The summed E-state index contributed by atoms with van der Waals surface area (Å²) in [5.74, 6) is -0.419. The summed E-state index contributed by atoms with van der Waals surface area (Å²) in [6.45, 7) is 5.74. The third-order valence-corrected chi connectivity index (χ3v) is 9.10. The van der Waals surface area contributed by atoms with Crippen molar-refractivity contribution in [1.29, 1.82) is 0 Å². The summed E-state index contributed by atoms with van der Waals surface area (Å²) in [5, 5.41) is 10.6. The second-order valence-electron chi connectivity index (χ2n) is 11.9. The van der Waals surface area contributed by atoms with Gasteiger partial charge in [-0.25, -0.2) is 0 Å². The van der Waals surface area contributed by atoms with Gasteiger partial charge in [0.1, 0.15) is 6.04 Å². The molecule has 3 fully saturated rings. The quantitative estimate of drug-likeness (QED) is 0.496. The second-order valence-corrected chi connectivity index (χ2v) is 11.9. The Morgan fingerprint density at radius 2 is 1.80 bits per heavy atom. The van der Waals surface area contributed by atoms with Crippen molar-refractivity contribution in [1.82, 2.24) is 24.9 Å². The lowest BCUT2D eigenvalue weighted by atomic mass is 9.86. The first-order valence-electron chi connectivity index (χ1n) is 14.9. The molecular weight excluding hydrogens is 520 g/mol. The number of likely N-dealkylation sites (tertiary alicyclic amines) is 1. The zero-order valence-electron chi connectivity index (χ0n) is 23.4. The molecule has 2 aromatic rings. The largest absolute Gasteiger partial charge is 0.380 e. The van der Waals surface area contributed by atoms with E-state index in [0.717, 1.165) is 36.4 Å². The van der Waals surface area contributed by atoms with Crippen LogP contribution < -0.4 is 10.6 Å². The lowest BCUT2D eigenvalue weighted by Crippen LogP contribution is -2.51. The van der Waals surface area contributed by atoms with Gasteiger partial charge in [-0.05, 0) is 56.6 Å². The van der Waals surface area contributed by atoms with Crippen molar-refractivity contribution < 1.29 is 19.2 Å². The highest BCUT2D eigenvalue weighted by atomic mass is 16.2. The predicted molar refractivity (Wildman–Crippen MR) is 153 cm³/mol. The molecule has 0 spiro atoms. The molecule has 216 valence electrons. The first-order valence-corrected chi connectivity index (χ1v) is 14.9. The molecule has 1 aromatic heterocycles. The topological polar surface area (TPSA) is 117 Å². The van der Waals surface area contributed by atoms with E-state index in [9.17, 15) is 19.2 Å². The molecule has 1 atom stereocenters. The minimum atomic E-state index is -0.840. The Morgan fingerprint density at radius 3 is 2.56 bits per heavy atom. The molecule has 10 heteroatoms. The van der Waals surface area contributed by atoms with Crippen molar-refractivity contribution in [2.24, 2.45) is 5.92 Å². The van der Waals surface area contributed by atoms with Crippen molar-refractivity contribution in [3.63, 3.8) is 0 Å². The zero-order valence-corrected chi connectivity index (χ0v) is 23.4. The molecule has 2 saturated heterocycles. The van der Waals surface area contributed by atoms with Gasteiger partial charge in [-0.15, -0.1) is 0 Å². The fourth-order valence-corrected chi connectivity index (χ4v) is 6.75. The van der Waals surface area contributed by atoms with E-state index in [2.05, 4.69) is 22.3 Å². The van der Waals surface area contributed by atoms with E-state index in [1.807, 2.05) is 22.0 Å². The maximum absolute atomic E-state index is 13.4. The number of aromatic nitrogens is 2. The molecular formula is C31H38N6O4. The monoisotopic (exact) mass is 558 g/mol. The maximum Gasteiger partial charge on any atom is 0.264 e. The number of allylic oxidation sites excluding steroid dienone is 1. The van der Waals surface area contributed by atoms with Gasteiger partial charge < -0.3 is 15.5 Å². The molecule has 0 radical (unpaired) electrons. The molecule has 4 amide bonds. The SMILES string of the molecule is C=C1CCC(N2C(=O)c3cccc(NCc4cnn(C5CCN(C(=O)CC6CCCCC6)CC5)c4)c3C2=O)C(=O)N1. The van der Waals surface area contributed by atoms with E-state index in [0.29, 0.717) is 60.1 Å². The van der Waals surface area contributed by atoms with E-state index in [4.69, 9.17) is 0 Å².